The van der Waals surface area contributed by atoms with E-state index in [2.05, 4.69) is 11.9 Å². The number of carbonyl (C=O) groups is 2. The van der Waals surface area contributed by atoms with Crippen LogP contribution in [-0.2, 0) is 9.59 Å². The maximum atomic E-state index is 13.1. The van der Waals surface area contributed by atoms with Crippen molar-refractivity contribution in [2.75, 3.05) is 13.2 Å². The van der Waals surface area contributed by atoms with E-state index in [0.29, 0.717) is 18.7 Å². The number of ketones is 1. The number of carbonyl (C=O) groups excluding carboxylic acids is 2. The first-order valence-corrected chi connectivity index (χ1v) is 11.1. The Morgan fingerprint density at radius 1 is 1.06 bits per heavy atom. The zero-order valence-electron chi connectivity index (χ0n) is 18.4. The van der Waals surface area contributed by atoms with Crippen molar-refractivity contribution in [2.24, 2.45) is 0 Å². The number of aliphatic hydroxyl groups excluding tert-OH is 1. The molecule has 1 unspecified atom stereocenters. The summed E-state index contributed by atoms with van der Waals surface area (Å²) >= 11 is 0. The van der Waals surface area contributed by atoms with Gasteiger partial charge in [0.05, 0.1) is 18.2 Å². The molecule has 1 amide bonds. The van der Waals surface area contributed by atoms with Crippen LogP contribution in [0.4, 0.5) is 0 Å². The summed E-state index contributed by atoms with van der Waals surface area (Å²) in [5.41, 5.74) is 2.26. The SMILES string of the molecule is CCCCCN1C(=O)C(=O)/C(=C(\O)c2c[nH]c3ccccc23)C1c1ccc(OCC)cc1. The van der Waals surface area contributed by atoms with Gasteiger partial charge in [-0.1, -0.05) is 50.1 Å². The Hall–Kier alpha value is -3.54. The minimum absolute atomic E-state index is 0.125. The van der Waals surface area contributed by atoms with Gasteiger partial charge in [0.1, 0.15) is 11.5 Å². The van der Waals surface area contributed by atoms with Gasteiger partial charge in [0.25, 0.3) is 11.7 Å². The van der Waals surface area contributed by atoms with E-state index in [0.717, 1.165) is 41.5 Å². The van der Waals surface area contributed by atoms with Gasteiger partial charge in [-0.25, -0.2) is 0 Å². The van der Waals surface area contributed by atoms with Gasteiger partial charge in [0, 0.05) is 29.2 Å². The second-order valence-electron chi connectivity index (χ2n) is 7.95. The van der Waals surface area contributed by atoms with E-state index in [-0.39, 0.29) is 11.3 Å². The number of aliphatic hydroxyl groups is 1. The number of para-hydroxylation sites is 1. The predicted molar refractivity (Wildman–Crippen MR) is 124 cm³/mol. The number of H-pyrrole nitrogens is 1. The Labute approximate surface area is 187 Å². The van der Waals surface area contributed by atoms with Gasteiger partial charge in [-0.2, -0.15) is 0 Å². The van der Waals surface area contributed by atoms with Crippen LogP contribution < -0.4 is 4.74 Å². The van der Waals surface area contributed by atoms with E-state index < -0.39 is 17.7 Å². The number of benzene rings is 2. The number of nitrogens with zero attached hydrogens (tertiary/aromatic N) is 1. The van der Waals surface area contributed by atoms with Gasteiger partial charge in [-0.3, -0.25) is 9.59 Å². The molecule has 4 rings (SSSR count). The average Bonchev–Trinajstić information content (AvgIpc) is 3.34. The minimum atomic E-state index is -0.650. The van der Waals surface area contributed by atoms with Crippen LogP contribution in [0.2, 0.25) is 0 Å². The molecule has 1 aliphatic heterocycles. The van der Waals surface area contributed by atoms with Gasteiger partial charge in [-0.15, -0.1) is 0 Å². The van der Waals surface area contributed by atoms with Crippen molar-refractivity contribution in [1.82, 2.24) is 9.88 Å². The number of hydrogen-bond donors (Lipinski definition) is 2. The lowest BCUT2D eigenvalue weighted by Gasteiger charge is -2.25. The summed E-state index contributed by atoms with van der Waals surface area (Å²) in [5.74, 6) is -0.655. The van der Waals surface area contributed by atoms with Gasteiger partial charge in [0.15, 0.2) is 0 Å². The number of aromatic amines is 1. The van der Waals surface area contributed by atoms with E-state index in [1.54, 1.807) is 11.1 Å². The molecule has 1 fully saturated rings. The van der Waals surface area contributed by atoms with Crippen LogP contribution in [0.5, 0.6) is 5.75 Å². The maximum Gasteiger partial charge on any atom is 0.295 e. The number of likely N-dealkylation sites (tertiary alicyclic amines) is 1. The fraction of sp³-hybridized carbons (Fsp3) is 0.308. The largest absolute Gasteiger partial charge is 0.507 e. The molecule has 32 heavy (non-hydrogen) atoms. The number of hydrogen-bond acceptors (Lipinski definition) is 4. The lowest BCUT2D eigenvalue weighted by Crippen LogP contribution is -2.30. The molecule has 0 saturated carbocycles. The third kappa shape index (κ3) is 3.88. The molecule has 0 aliphatic carbocycles. The molecule has 1 saturated heterocycles. The molecule has 2 N–H and O–H groups in total. The number of unbranched alkanes of at least 4 members (excludes halogenated alkanes) is 2. The molecular weight excluding hydrogens is 404 g/mol. The standard InChI is InChI=1S/C26H28N2O4/c1-3-5-8-15-28-23(17-11-13-18(14-12-17)32-4-2)22(25(30)26(28)31)24(29)20-16-27-21-10-7-6-9-19(20)21/h6-7,9-14,16,23,27,29H,3-5,8,15H2,1-2H3/b24-22-. The van der Waals surface area contributed by atoms with E-state index in [9.17, 15) is 14.7 Å². The summed E-state index contributed by atoms with van der Waals surface area (Å²) in [6.07, 6.45) is 4.44. The van der Waals surface area contributed by atoms with Crippen molar-refractivity contribution in [2.45, 2.75) is 39.2 Å². The quantitative estimate of drug-likeness (QED) is 0.222. The van der Waals surface area contributed by atoms with Crippen molar-refractivity contribution in [3.63, 3.8) is 0 Å². The average molecular weight is 433 g/mol. The summed E-state index contributed by atoms with van der Waals surface area (Å²) < 4.78 is 5.54. The Morgan fingerprint density at radius 3 is 2.53 bits per heavy atom. The molecular formula is C26H28N2O4. The zero-order chi connectivity index (χ0) is 22.7. The molecule has 0 radical (unpaired) electrons. The van der Waals surface area contributed by atoms with Crippen molar-refractivity contribution in [3.05, 3.63) is 71.4 Å². The summed E-state index contributed by atoms with van der Waals surface area (Å²) in [4.78, 5) is 30.8. The van der Waals surface area contributed by atoms with Gasteiger partial charge in [-0.05, 0) is 37.1 Å². The van der Waals surface area contributed by atoms with E-state index in [1.807, 2.05) is 55.5 Å². The molecule has 6 heteroatoms. The zero-order valence-corrected chi connectivity index (χ0v) is 18.4. The fourth-order valence-electron chi connectivity index (χ4n) is 4.31. The first-order valence-electron chi connectivity index (χ1n) is 11.1. The fourth-order valence-corrected chi connectivity index (χ4v) is 4.31. The summed E-state index contributed by atoms with van der Waals surface area (Å²) in [5, 5.41) is 12.1. The minimum Gasteiger partial charge on any atom is -0.507 e. The van der Waals surface area contributed by atoms with Crippen LogP contribution in [0.15, 0.2) is 60.3 Å². The third-order valence-electron chi connectivity index (χ3n) is 5.89. The summed E-state index contributed by atoms with van der Waals surface area (Å²) in [6.45, 7) is 5.02. The van der Waals surface area contributed by atoms with Crippen molar-refractivity contribution in [1.29, 1.82) is 0 Å². The van der Waals surface area contributed by atoms with Crippen LogP contribution in [0.25, 0.3) is 16.7 Å². The van der Waals surface area contributed by atoms with Crippen LogP contribution in [0, 0.1) is 0 Å². The van der Waals surface area contributed by atoms with Gasteiger partial charge < -0.3 is 19.7 Å². The normalized spacial score (nSPS) is 17.9. The Bertz CT molecular complexity index is 1160. The number of ether oxygens (including phenoxy) is 1. The number of nitrogens with one attached hydrogen (secondary N) is 1. The highest BCUT2D eigenvalue weighted by atomic mass is 16.5. The number of fused-ring (bicyclic) bond motifs is 1. The molecule has 1 aromatic heterocycles. The Balaban J connectivity index is 1.83. The van der Waals surface area contributed by atoms with Crippen molar-refractivity contribution in [3.8, 4) is 5.75 Å². The third-order valence-corrected chi connectivity index (χ3v) is 5.89. The Morgan fingerprint density at radius 2 is 1.81 bits per heavy atom. The molecule has 0 bridgehead atoms. The highest BCUT2D eigenvalue weighted by molar-refractivity contribution is 6.46. The Kier molecular flexibility index (Phi) is 6.30. The van der Waals surface area contributed by atoms with E-state index in [1.165, 1.54) is 0 Å². The van der Waals surface area contributed by atoms with Crippen LogP contribution >= 0.6 is 0 Å². The predicted octanol–water partition coefficient (Wildman–Crippen LogP) is 5.18. The molecule has 1 atom stereocenters. The second kappa shape index (κ2) is 9.30. The van der Waals surface area contributed by atoms with Crippen molar-refractivity contribution < 1.29 is 19.4 Å². The number of aromatic nitrogens is 1. The highest BCUT2D eigenvalue weighted by Crippen LogP contribution is 2.41. The lowest BCUT2D eigenvalue weighted by molar-refractivity contribution is -0.139. The maximum absolute atomic E-state index is 13.1. The van der Waals surface area contributed by atoms with Gasteiger partial charge >= 0.3 is 0 Å². The molecule has 1 aliphatic rings. The summed E-state index contributed by atoms with van der Waals surface area (Å²) in [7, 11) is 0. The van der Waals surface area contributed by atoms with Crippen molar-refractivity contribution >= 4 is 28.4 Å². The van der Waals surface area contributed by atoms with Crippen LogP contribution in [0.3, 0.4) is 0 Å². The second-order valence-corrected chi connectivity index (χ2v) is 7.95. The molecule has 6 nitrogen and oxygen atoms in total. The number of rotatable bonds is 8. The molecule has 2 aromatic carbocycles. The van der Waals surface area contributed by atoms with Gasteiger partial charge in [0.2, 0.25) is 0 Å². The number of Topliss-reactive ketones (excluding diaryl/α,β-unsaturated/α-hetero) is 1. The van der Waals surface area contributed by atoms with E-state index in [4.69, 9.17) is 4.74 Å². The smallest absolute Gasteiger partial charge is 0.295 e. The molecule has 2 heterocycles. The topological polar surface area (TPSA) is 82.6 Å². The molecule has 0 spiro atoms. The molecule has 166 valence electrons. The first-order chi connectivity index (χ1) is 15.6. The monoisotopic (exact) mass is 432 g/mol. The van der Waals surface area contributed by atoms with Crippen LogP contribution in [-0.4, -0.2) is 39.8 Å². The van der Waals surface area contributed by atoms with E-state index >= 15 is 0 Å². The number of amides is 1. The van der Waals surface area contributed by atoms with Crippen LogP contribution in [0.1, 0.15) is 50.3 Å². The lowest BCUT2D eigenvalue weighted by atomic mass is 9.95. The molecule has 3 aromatic rings. The summed E-state index contributed by atoms with van der Waals surface area (Å²) in [6, 6.07) is 14.3. The first kappa shape index (κ1) is 21.7. The highest BCUT2D eigenvalue weighted by Gasteiger charge is 2.45.